The van der Waals surface area contributed by atoms with E-state index in [-0.39, 0.29) is 18.1 Å². The summed E-state index contributed by atoms with van der Waals surface area (Å²) in [6.07, 6.45) is 0.179. The molecule has 0 bridgehead atoms. The molecule has 172 valence electrons. The first-order valence-corrected chi connectivity index (χ1v) is 12.1. The molecule has 0 atom stereocenters. The van der Waals surface area contributed by atoms with Gasteiger partial charge in [-0.3, -0.25) is 9.36 Å². The van der Waals surface area contributed by atoms with Gasteiger partial charge in [-0.1, -0.05) is 23.7 Å². The lowest BCUT2D eigenvalue weighted by Crippen LogP contribution is -2.11. The molecule has 0 aliphatic carbocycles. The van der Waals surface area contributed by atoms with E-state index in [1.54, 1.807) is 29.9 Å². The van der Waals surface area contributed by atoms with Gasteiger partial charge in [0.25, 0.3) is 0 Å². The van der Waals surface area contributed by atoms with Crippen LogP contribution in [0, 0.1) is 6.92 Å². The summed E-state index contributed by atoms with van der Waals surface area (Å²) in [4.78, 5) is 32.2. The Morgan fingerprint density at radius 2 is 1.88 bits per heavy atom. The number of aromatic nitrogens is 3. The van der Waals surface area contributed by atoms with Gasteiger partial charge in [-0.05, 0) is 66.9 Å². The number of hydrogen-bond acceptors (Lipinski definition) is 5. The number of rotatable bonds is 5. The molecule has 34 heavy (non-hydrogen) atoms. The Balaban J connectivity index is 1.72. The second-order valence-electron chi connectivity index (χ2n) is 8.12. The largest absolute Gasteiger partial charge is 0.466 e. The zero-order valence-electron chi connectivity index (χ0n) is 18.9. The second kappa shape index (κ2) is 8.74. The number of imidazole rings is 1. The minimum absolute atomic E-state index is 0.152. The first-order chi connectivity index (χ1) is 16.4. The number of ether oxygens (including phenoxy) is 1. The minimum Gasteiger partial charge on any atom is -0.466 e. The summed E-state index contributed by atoms with van der Waals surface area (Å²) in [6.45, 7) is 4.14. The van der Waals surface area contributed by atoms with Crippen molar-refractivity contribution in [2.45, 2.75) is 20.3 Å². The van der Waals surface area contributed by atoms with E-state index in [2.05, 4.69) is 4.98 Å². The molecule has 0 unspecified atom stereocenters. The van der Waals surface area contributed by atoms with Gasteiger partial charge in [0.1, 0.15) is 5.01 Å². The molecule has 3 aromatic carbocycles. The summed E-state index contributed by atoms with van der Waals surface area (Å²) in [5, 5.41) is 1.49. The highest BCUT2D eigenvalue weighted by atomic mass is 35.5. The average Bonchev–Trinajstić information content (AvgIpc) is 3.35. The van der Waals surface area contributed by atoms with Gasteiger partial charge >= 0.3 is 11.7 Å². The Bertz CT molecular complexity index is 1610. The number of nitrogens with zero attached hydrogens (tertiary/aromatic N) is 2. The molecule has 0 aliphatic rings. The van der Waals surface area contributed by atoms with E-state index in [9.17, 15) is 9.59 Å². The fourth-order valence-electron chi connectivity index (χ4n) is 4.23. The van der Waals surface area contributed by atoms with E-state index < -0.39 is 0 Å². The number of carbonyl (C=O) groups is 1. The third-order valence-electron chi connectivity index (χ3n) is 5.92. The van der Waals surface area contributed by atoms with Crippen molar-refractivity contribution in [1.29, 1.82) is 0 Å². The van der Waals surface area contributed by atoms with Crippen molar-refractivity contribution < 1.29 is 9.53 Å². The molecule has 0 saturated carbocycles. The normalized spacial score (nSPS) is 11.4. The van der Waals surface area contributed by atoms with E-state index in [0.29, 0.717) is 11.6 Å². The molecule has 2 heterocycles. The molecule has 8 heteroatoms. The van der Waals surface area contributed by atoms with Gasteiger partial charge in [-0.2, -0.15) is 0 Å². The lowest BCUT2D eigenvalue weighted by Gasteiger charge is -2.14. The first-order valence-electron chi connectivity index (χ1n) is 10.9. The molecule has 5 aromatic rings. The lowest BCUT2D eigenvalue weighted by molar-refractivity contribution is -0.142. The van der Waals surface area contributed by atoms with Crippen molar-refractivity contribution in [1.82, 2.24) is 14.5 Å². The number of benzene rings is 3. The van der Waals surface area contributed by atoms with Gasteiger partial charge in [0.15, 0.2) is 0 Å². The molecule has 5 rings (SSSR count). The van der Waals surface area contributed by atoms with E-state index in [0.717, 1.165) is 54.1 Å². The van der Waals surface area contributed by atoms with Crippen LogP contribution in [-0.2, 0) is 23.0 Å². The van der Waals surface area contributed by atoms with E-state index >= 15 is 0 Å². The Morgan fingerprint density at radius 3 is 2.62 bits per heavy atom. The van der Waals surface area contributed by atoms with Crippen molar-refractivity contribution in [3.63, 3.8) is 0 Å². The predicted octanol–water partition coefficient (Wildman–Crippen LogP) is 5.88. The van der Waals surface area contributed by atoms with Crippen LogP contribution < -0.4 is 5.69 Å². The lowest BCUT2D eigenvalue weighted by atomic mass is 9.93. The van der Waals surface area contributed by atoms with Crippen LogP contribution in [0.5, 0.6) is 0 Å². The minimum atomic E-state index is -0.261. The molecule has 0 saturated heterocycles. The Morgan fingerprint density at radius 1 is 1.15 bits per heavy atom. The van der Waals surface area contributed by atoms with Crippen molar-refractivity contribution in [3.8, 4) is 21.7 Å². The van der Waals surface area contributed by atoms with Crippen LogP contribution in [0.2, 0.25) is 5.02 Å². The van der Waals surface area contributed by atoms with Crippen LogP contribution >= 0.6 is 22.9 Å². The number of halogens is 1. The maximum atomic E-state index is 12.4. The summed E-state index contributed by atoms with van der Waals surface area (Å²) < 4.78 is 7.82. The topological polar surface area (TPSA) is 77.0 Å². The summed E-state index contributed by atoms with van der Waals surface area (Å²) in [5.41, 5.74) is 7.06. The smallest absolute Gasteiger partial charge is 0.326 e. The first kappa shape index (κ1) is 22.4. The average molecular weight is 492 g/mol. The molecule has 0 spiro atoms. The third kappa shape index (κ3) is 3.91. The van der Waals surface area contributed by atoms with Crippen LogP contribution in [0.15, 0.2) is 53.3 Å². The molecule has 1 N–H and O–H groups in total. The number of esters is 1. The van der Waals surface area contributed by atoms with Crippen molar-refractivity contribution in [2.75, 3.05) is 6.61 Å². The molecular weight excluding hydrogens is 470 g/mol. The monoisotopic (exact) mass is 491 g/mol. The number of carbonyl (C=O) groups excluding carboxylic acids is 1. The van der Waals surface area contributed by atoms with Crippen molar-refractivity contribution in [2.24, 2.45) is 7.05 Å². The third-order valence-corrected chi connectivity index (χ3v) is 7.31. The van der Waals surface area contributed by atoms with Gasteiger partial charge in [0, 0.05) is 23.2 Å². The van der Waals surface area contributed by atoms with Crippen LogP contribution in [0.4, 0.5) is 0 Å². The molecule has 0 amide bonds. The fourth-order valence-corrected chi connectivity index (χ4v) is 5.50. The number of aryl methyl sites for hydroxylation is 2. The second-order valence-corrected chi connectivity index (χ2v) is 9.56. The highest BCUT2D eigenvalue weighted by Gasteiger charge is 2.20. The van der Waals surface area contributed by atoms with Gasteiger partial charge in [-0.25, -0.2) is 9.78 Å². The number of hydrogen-bond donors (Lipinski definition) is 1. The van der Waals surface area contributed by atoms with Crippen molar-refractivity contribution in [3.05, 3.63) is 75.2 Å². The van der Waals surface area contributed by atoms with Crippen LogP contribution in [0.25, 0.3) is 42.9 Å². The van der Waals surface area contributed by atoms with Gasteiger partial charge in [-0.15, -0.1) is 11.3 Å². The van der Waals surface area contributed by atoms with Gasteiger partial charge < -0.3 is 9.72 Å². The fraction of sp³-hybridized carbons (Fsp3) is 0.192. The number of aromatic amines is 1. The standard InChI is InChI=1S/C26H22ClN3O3S/c1-4-33-22(31)13-18-14(2)11-20-24(23(18)15-5-8-17(27)9-6-15)34-25(28-20)16-7-10-21-19(12-16)29-26(32)30(21)3/h5-12H,4,13H2,1-3H3,(H,29,32). The predicted molar refractivity (Wildman–Crippen MR) is 138 cm³/mol. The number of nitrogens with one attached hydrogen (secondary N) is 1. The van der Waals surface area contributed by atoms with Crippen molar-refractivity contribution >= 4 is 50.2 Å². The van der Waals surface area contributed by atoms with Gasteiger partial charge in [0.2, 0.25) is 0 Å². The maximum Gasteiger partial charge on any atom is 0.326 e. The molecule has 0 fully saturated rings. The highest BCUT2D eigenvalue weighted by Crippen LogP contribution is 2.41. The SMILES string of the molecule is CCOC(=O)Cc1c(C)cc2nc(-c3ccc4c(c3)[nH]c(=O)n4C)sc2c1-c1ccc(Cl)cc1. The summed E-state index contributed by atoms with van der Waals surface area (Å²) in [6, 6.07) is 15.5. The summed E-state index contributed by atoms with van der Waals surface area (Å²) in [5.74, 6) is -0.261. The maximum absolute atomic E-state index is 12.4. The van der Waals surface area contributed by atoms with Crippen LogP contribution in [0.1, 0.15) is 18.1 Å². The van der Waals surface area contributed by atoms with E-state index in [1.165, 1.54) is 0 Å². The molecule has 0 radical (unpaired) electrons. The Hall–Kier alpha value is -3.42. The zero-order chi connectivity index (χ0) is 24.0. The Kier molecular flexibility index (Phi) is 5.75. The molecule has 2 aromatic heterocycles. The van der Waals surface area contributed by atoms with Crippen LogP contribution in [0.3, 0.4) is 0 Å². The number of thiazole rings is 1. The molecular formula is C26H22ClN3O3S. The van der Waals surface area contributed by atoms with Gasteiger partial charge in [0.05, 0.1) is 34.3 Å². The highest BCUT2D eigenvalue weighted by molar-refractivity contribution is 7.22. The summed E-state index contributed by atoms with van der Waals surface area (Å²) in [7, 11) is 1.74. The summed E-state index contributed by atoms with van der Waals surface area (Å²) >= 11 is 7.71. The quantitative estimate of drug-likeness (QED) is 0.311. The molecule has 0 aliphatic heterocycles. The number of H-pyrrole nitrogens is 1. The van der Waals surface area contributed by atoms with E-state index in [4.69, 9.17) is 21.3 Å². The Labute approximate surface area is 204 Å². The zero-order valence-corrected chi connectivity index (χ0v) is 20.5. The number of fused-ring (bicyclic) bond motifs is 2. The van der Waals surface area contributed by atoms with E-state index in [1.807, 2.05) is 55.5 Å². The molecule has 6 nitrogen and oxygen atoms in total. The van der Waals surface area contributed by atoms with Crippen LogP contribution in [-0.4, -0.2) is 27.1 Å².